The van der Waals surface area contributed by atoms with Crippen molar-refractivity contribution in [2.45, 2.75) is 119 Å². The van der Waals surface area contributed by atoms with Crippen molar-refractivity contribution in [1.82, 2.24) is 29.5 Å². The summed E-state index contributed by atoms with van der Waals surface area (Å²) in [6.07, 6.45) is 9.71. The smallest absolute Gasteiger partial charge is 0.293 e. The molecular weight excluding hydrogens is 1130 g/mol. The van der Waals surface area contributed by atoms with Crippen LogP contribution in [-0.2, 0) is 26.0 Å². The number of anilines is 5. The first kappa shape index (κ1) is 58.9. The molecule has 462 valence electrons. The molecule has 0 bridgehead atoms. The van der Waals surface area contributed by atoms with Gasteiger partial charge >= 0.3 is 0 Å². The molecule has 3 atom stereocenters. The number of benzene rings is 3. The molecule has 87 heavy (non-hydrogen) atoms. The lowest BCUT2D eigenvalue weighted by Crippen LogP contribution is -2.66. The van der Waals surface area contributed by atoms with Crippen LogP contribution in [0.1, 0.15) is 111 Å². The lowest BCUT2D eigenvalue weighted by molar-refractivity contribution is -0.384. The number of nitrogens with one attached hydrogen (secondary N) is 3. The third kappa shape index (κ3) is 11.9. The maximum Gasteiger partial charge on any atom is 0.293 e. The summed E-state index contributed by atoms with van der Waals surface area (Å²) in [5.74, 6) is 2.09. The number of fused-ring (bicyclic) bond motifs is 3. The van der Waals surface area contributed by atoms with E-state index in [0.29, 0.717) is 93.0 Å². The molecule has 22 heteroatoms. The molecule has 1 saturated carbocycles. The van der Waals surface area contributed by atoms with Crippen LogP contribution in [-0.4, -0.2) is 165 Å². The van der Waals surface area contributed by atoms with Crippen LogP contribution in [0.15, 0.2) is 96.2 Å². The minimum atomic E-state index is -4.65. The van der Waals surface area contributed by atoms with E-state index < -0.39 is 43.1 Å². The number of ether oxygens (including phenoxy) is 4. The van der Waals surface area contributed by atoms with Crippen LogP contribution in [0.4, 0.5) is 34.3 Å². The summed E-state index contributed by atoms with van der Waals surface area (Å²) in [6.45, 7) is 16.9. The monoisotopic (exact) mass is 1210 g/mol. The van der Waals surface area contributed by atoms with Gasteiger partial charge in [-0.15, -0.1) is 0 Å². The molecule has 0 unspecified atom stereocenters. The van der Waals surface area contributed by atoms with E-state index in [2.05, 4.69) is 83.7 Å². The number of aromatic amines is 1. The Morgan fingerprint density at radius 1 is 0.908 bits per heavy atom. The first-order valence-electron chi connectivity index (χ1n) is 31.2. The zero-order valence-electron chi connectivity index (χ0n) is 50.3. The Hall–Kier alpha value is -7.08. The number of aromatic nitrogens is 3. The number of rotatable bonds is 16. The van der Waals surface area contributed by atoms with E-state index in [1.807, 2.05) is 43.6 Å². The van der Waals surface area contributed by atoms with E-state index in [-0.39, 0.29) is 28.6 Å². The van der Waals surface area contributed by atoms with Crippen molar-refractivity contribution in [1.29, 1.82) is 0 Å². The Morgan fingerprint density at radius 2 is 1.70 bits per heavy atom. The maximum atomic E-state index is 14.9. The van der Waals surface area contributed by atoms with Gasteiger partial charge in [0, 0.05) is 112 Å². The lowest BCUT2D eigenvalue weighted by Gasteiger charge is -2.61. The van der Waals surface area contributed by atoms with E-state index in [0.717, 1.165) is 125 Å². The van der Waals surface area contributed by atoms with E-state index in [9.17, 15) is 28.4 Å². The highest BCUT2D eigenvalue weighted by atomic mass is 32.2. The van der Waals surface area contributed by atoms with Crippen molar-refractivity contribution >= 4 is 61.2 Å². The molecule has 3 aromatic carbocycles. The fraction of sp³-hybridized carbons (Fsp3) is 0.523. The number of piperidine rings is 2. The number of aliphatic hydroxyl groups is 1. The summed E-state index contributed by atoms with van der Waals surface area (Å²) < 4.78 is 55.0. The van der Waals surface area contributed by atoms with Gasteiger partial charge in [0.2, 0.25) is 5.88 Å². The number of hydrogen-bond donors (Lipinski definition) is 4. The average molecular weight is 1210 g/mol. The number of nitrogens with zero attached hydrogens (tertiary/aromatic N) is 8. The number of pyridine rings is 2. The Balaban J connectivity index is 0.742. The van der Waals surface area contributed by atoms with E-state index in [1.165, 1.54) is 23.3 Å². The molecule has 21 nitrogen and oxygen atoms in total. The Labute approximate surface area is 508 Å². The number of nitro groups is 1. The van der Waals surface area contributed by atoms with Crippen molar-refractivity contribution in [3.8, 4) is 11.6 Å². The van der Waals surface area contributed by atoms with Gasteiger partial charge in [-0.1, -0.05) is 38.1 Å². The number of methoxy groups -OCH3 is 1. The largest absolute Gasteiger partial charge is 0.493 e. The number of morpholine rings is 1. The second-order valence-corrected chi connectivity index (χ2v) is 27.5. The van der Waals surface area contributed by atoms with Crippen LogP contribution in [0.5, 0.6) is 11.6 Å². The SMILES string of the molecule is COc1cc(CN2CCC3(CN(C4CCN(c5ccc(C(=O)NS(=O)(=O)c6ccc(NC[C@H]7CC[C@](C)(O)CC7)c([N+](=O)[O-])c6)c(N6c7cc8cc[nH]c8nc7O[C@H]7COCC[C@@H]76)c5)CC4)C3)[C@H](c3ccccc3C(C)C)C2)cnc1N1CCOCC1. The molecule has 5 saturated heterocycles. The van der Waals surface area contributed by atoms with Crippen LogP contribution >= 0.6 is 0 Å². The van der Waals surface area contributed by atoms with Crippen molar-refractivity contribution in [2.75, 3.05) is 112 Å². The Kier molecular flexibility index (Phi) is 16.3. The third-order valence-electron chi connectivity index (χ3n) is 19.9. The number of H-pyrrole nitrogens is 1. The fourth-order valence-electron chi connectivity index (χ4n) is 14.9. The molecule has 1 spiro atoms. The van der Waals surface area contributed by atoms with Crippen molar-refractivity contribution in [3.63, 3.8) is 0 Å². The second-order valence-electron chi connectivity index (χ2n) is 25.9. The van der Waals surface area contributed by atoms with E-state index in [1.54, 1.807) is 13.2 Å². The summed E-state index contributed by atoms with van der Waals surface area (Å²) in [6, 6.07) is 24.5. The predicted molar refractivity (Wildman–Crippen MR) is 333 cm³/mol. The fourth-order valence-corrected chi connectivity index (χ4v) is 15.9. The molecule has 4 N–H and O–H groups in total. The molecule has 1 aliphatic carbocycles. The van der Waals surface area contributed by atoms with Crippen LogP contribution < -0.4 is 34.2 Å². The molecule has 3 aromatic heterocycles. The summed E-state index contributed by atoms with van der Waals surface area (Å²) in [7, 11) is -2.92. The molecule has 1 amide bonds. The number of nitro benzene ring substituents is 1. The van der Waals surface area contributed by atoms with Gasteiger partial charge in [0.05, 0.1) is 59.6 Å². The van der Waals surface area contributed by atoms with Gasteiger partial charge in [-0.25, -0.2) is 18.1 Å². The molecule has 9 heterocycles. The van der Waals surface area contributed by atoms with Gasteiger partial charge in [0.25, 0.3) is 21.6 Å². The zero-order valence-corrected chi connectivity index (χ0v) is 51.1. The Bertz CT molecular complexity index is 3630. The summed E-state index contributed by atoms with van der Waals surface area (Å²) in [4.78, 5) is 51.4. The highest BCUT2D eigenvalue weighted by molar-refractivity contribution is 7.90. The summed E-state index contributed by atoms with van der Waals surface area (Å²) in [5, 5.41) is 26.9. The minimum Gasteiger partial charge on any atom is -0.493 e. The van der Waals surface area contributed by atoms with Gasteiger partial charge in [0.15, 0.2) is 11.6 Å². The van der Waals surface area contributed by atoms with Gasteiger partial charge in [0.1, 0.15) is 23.1 Å². The number of sulfonamides is 1. The zero-order chi connectivity index (χ0) is 60.2. The molecule has 6 fully saturated rings. The van der Waals surface area contributed by atoms with Crippen LogP contribution in [0, 0.1) is 21.4 Å². The van der Waals surface area contributed by atoms with E-state index in [4.69, 9.17) is 28.9 Å². The lowest BCUT2D eigenvalue weighted by atomic mass is 9.61. The van der Waals surface area contributed by atoms with Gasteiger partial charge < -0.3 is 49.1 Å². The van der Waals surface area contributed by atoms with Crippen LogP contribution in [0.25, 0.3) is 11.0 Å². The molecule has 6 aliphatic heterocycles. The first-order valence-corrected chi connectivity index (χ1v) is 32.6. The van der Waals surface area contributed by atoms with Gasteiger partial charge in [-0.3, -0.25) is 24.7 Å². The predicted octanol–water partition coefficient (Wildman–Crippen LogP) is 8.96. The summed E-state index contributed by atoms with van der Waals surface area (Å²) in [5.41, 5.74) is 5.96. The highest BCUT2D eigenvalue weighted by Gasteiger charge is 2.54. The molecule has 0 radical (unpaired) electrons. The maximum absolute atomic E-state index is 14.9. The first-order chi connectivity index (χ1) is 42.0. The summed E-state index contributed by atoms with van der Waals surface area (Å²) >= 11 is 0. The quantitative estimate of drug-likeness (QED) is 0.0523. The normalized spacial score (nSPS) is 24.5. The number of carbonyl (C=O) groups is 1. The Morgan fingerprint density at radius 3 is 2.47 bits per heavy atom. The van der Waals surface area contributed by atoms with Gasteiger partial charge in [-0.2, -0.15) is 4.98 Å². The van der Waals surface area contributed by atoms with Gasteiger partial charge in [-0.05, 0) is 142 Å². The van der Waals surface area contributed by atoms with Crippen LogP contribution in [0.2, 0.25) is 0 Å². The topological polar surface area (TPSA) is 233 Å². The molecular formula is C65H81N11O10S. The number of likely N-dealkylation sites (tertiary alicyclic amines) is 2. The highest BCUT2D eigenvalue weighted by Crippen LogP contribution is 2.53. The van der Waals surface area contributed by atoms with Crippen molar-refractivity contribution in [2.24, 2.45) is 11.3 Å². The number of amides is 1. The number of carbonyl (C=O) groups excluding carboxylic acids is 1. The minimum absolute atomic E-state index is 0.104. The van der Waals surface area contributed by atoms with Crippen molar-refractivity contribution in [3.05, 3.63) is 124 Å². The number of hydrogen-bond acceptors (Lipinski definition) is 18. The van der Waals surface area contributed by atoms with E-state index >= 15 is 0 Å². The average Bonchev–Trinajstić information content (AvgIpc) is 1.90. The second kappa shape index (κ2) is 24.1. The third-order valence-corrected chi connectivity index (χ3v) is 21.2. The standard InChI is InChI=1S/C65H81N11O10S/c1-42(2)49-7-5-6-8-50(49)52-38-71(37-44-31-58(83-4)61(68-36-44)73-26-29-84-30-27-73)25-21-65(52)40-74(41-65)46-16-23-72(24-17-46)47-9-11-51(55(33-47)75-54-18-28-85-39-59(54)86-63-57(75)32-45-15-22-66-60(45)69-63)62(77)70-87(81,82)48-10-12-53(56(34-48)76(79)80)67-35-43-13-19-64(3,78)20-14-43/h5-12,15,22,31-34,36,42-43,46,52,54,59,67,78H,13-14,16-21,23-30,35,37-41H2,1-4H3,(H,66,69)(H,70,77)/t43-,52-,54-,59-,64-/m0/s1. The molecule has 13 rings (SSSR count). The molecule has 6 aromatic rings. The molecule has 7 aliphatic rings. The van der Waals surface area contributed by atoms with Crippen LogP contribution in [0.3, 0.4) is 0 Å². The van der Waals surface area contributed by atoms with Crippen molar-refractivity contribution < 1.29 is 42.2 Å².